The molecule has 5 nitrogen and oxygen atoms in total. The van der Waals surface area contributed by atoms with Crippen molar-refractivity contribution < 1.29 is 9.59 Å². The average molecular weight is 281 g/mol. The van der Waals surface area contributed by atoms with E-state index in [1.807, 2.05) is 16.7 Å². The summed E-state index contributed by atoms with van der Waals surface area (Å²) in [5.74, 6) is 0.316. The summed E-state index contributed by atoms with van der Waals surface area (Å²) in [5.41, 5.74) is 0. The van der Waals surface area contributed by atoms with E-state index in [0.717, 1.165) is 64.8 Å². The first-order chi connectivity index (χ1) is 9.74. The summed E-state index contributed by atoms with van der Waals surface area (Å²) in [6.45, 7) is 6.19. The Bertz CT molecular complexity index is 338. The van der Waals surface area contributed by atoms with E-state index >= 15 is 0 Å². The molecule has 0 aromatic carbocycles. The van der Waals surface area contributed by atoms with E-state index in [2.05, 4.69) is 5.32 Å². The van der Waals surface area contributed by atoms with Crippen molar-refractivity contribution in [3.05, 3.63) is 0 Å². The van der Waals surface area contributed by atoms with E-state index in [-0.39, 0.29) is 17.9 Å². The van der Waals surface area contributed by atoms with Crippen molar-refractivity contribution in [2.45, 2.75) is 51.5 Å². The Morgan fingerprint density at radius 1 is 1.10 bits per heavy atom. The molecule has 0 radical (unpaired) electrons. The second-order valence-corrected chi connectivity index (χ2v) is 5.78. The Morgan fingerprint density at radius 3 is 2.75 bits per heavy atom. The van der Waals surface area contributed by atoms with Gasteiger partial charge in [-0.05, 0) is 38.6 Å². The van der Waals surface area contributed by atoms with Gasteiger partial charge in [-0.15, -0.1) is 0 Å². The molecule has 2 rings (SSSR count). The van der Waals surface area contributed by atoms with Crippen LogP contribution in [-0.2, 0) is 9.59 Å². The van der Waals surface area contributed by atoms with E-state index in [9.17, 15) is 9.59 Å². The number of amides is 2. The Hall–Kier alpha value is -1.10. The maximum Gasteiger partial charge on any atom is 0.245 e. The number of rotatable bonds is 3. The summed E-state index contributed by atoms with van der Waals surface area (Å²) in [5, 5.41) is 3.31. The van der Waals surface area contributed by atoms with Gasteiger partial charge in [-0.2, -0.15) is 0 Å². The molecule has 0 spiro atoms. The van der Waals surface area contributed by atoms with Crippen molar-refractivity contribution in [1.82, 2.24) is 15.1 Å². The third-order valence-corrected chi connectivity index (χ3v) is 4.22. The molecule has 1 N–H and O–H groups in total. The normalized spacial score (nSPS) is 24.4. The van der Waals surface area contributed by atoms with Crippen molar-refractivity contribution >= 4 is 11.8 Å². The van der Waals surface area contributed by atoms with Gasteiger partial charge in [0, 0.05) is 32.6 Å². The zero-order valence-corrected chi connectivity index (χ0v) is 12.6. The second kappa shape index (κ2) is 7.62. The summed E-state index contributed by atoms with van der Waals surface area (Å²) in [4.78, 5) is 28.7. The summed E-state index contributed by atoms with van der Waals surface area (Å²) < 4.78 is 0. The quantitative estimate of drug-likeness (QED) is 0.839. The van der Waals surface area contributed by atoms with Gasteiger partial charge in [-0.25, -0.2) is 0 Å². The van der Waals surface area contributed by atoms with Gasteiger partial charge < -0.3 is 15.1 Å². The van der Waals surface area contributed by atoms with Crippen molar-refractivity contribution in [3.8, 4) is 0 Å². The van der Waals surface area contributed by atoms with Crippen LogP contribution < -0.4 is 5.32 Å². The Balaban J connectivity index is 2.02. The SMILES string of the molecule is CCCC(=O)N1CCCCC1C(=O)N1CCCNCC1. The molecule has 0 aliphatic carbocycles. The molecule has 1 unspecified atom stereocenters. The summed E-state index contributed by atoms with van der Waals surface area (Å²) in [7, 11) is 0. The molecule has 114 valence electrons. The monoisotopic (exact) mass is 281 g/mol. The number of piperidine rings is 1. The molecule has 2 amide bonds. The Morgan fingerprint density at radius 2 is 1.95 bits per heavy atom. The number of hydrogen-bond donors (Lipinski definition) is 1. The predicted molar refractivity (Wildman–Crippen MR) is 78.3 cm³/mol. The summed E-state index contributed by atoms with van der Waals surface area (Å²) >= 11 is 0. The number of nitrogens with one attached hydrogen (secondary N) is 1. The molecule has 0 aromatic heterocycles. The highest BCUT2D eigenvalue weighted by Gasteiger charge is 2.34. The van der Waals surface area contributed by atoms with Crippen LogP contribution in [0.25, 0.3) is 0 Å². The molecule has 5 heteroatoms. The van der Waals surface area contributed by atoms with E-state index in [0.29, 0.717) is 6.42 Å². The fourth-order valence-corrected chi connectivity index (χ4v) is 3.12. The molecule has 1 atom stereocenters. The van der Waals surface area contributed by atoms with Gasteiger partial charge in [0.05, 0.1) is 0 Å². The number of likely N-dealkylation sites (tertiary alicyclic amines) is 1. The topological polar surface area (TPSA) is 52.7 Å². The third-order valence-electron chi connectivity index (χ3n) is 4.22. The van der Waals surface area contributed by atoms with Crippen molar-refractivity contribution in [1.29, 1.82) is 0 Å². The number of hydrogen-bond acceptors (Lipinski definition) is 3. The zero-order chi connectivity index (χ0) is 14.4. The maximum atomic E-state index is 12.7. The van der Waals surface area contributed by atoms with E-state index in [1.54, 1.807) is 0 Å². The van der Waals surface area contributed by atoms with Crippen molar-refractivity contribution in [3.63, 3.8) is 0 Å². The highest BCUT2D eigenvalue weighted by Crippen LogP contribution is 2.20. The molecule has 2 saturated heterocycles. The first-order valence-corrected chi connectivity index (χ1v) is 8.03. The average Bonchev–Trinajstić information content (AvgIpc) is 2.76. The van der Waals surface area contributed by atoms with Crippen LogP contribution in [0.5, 0.6) is 0 Å². The van der Waals surface area contributed by atoms with Gasteiger partial charge in [0.25, 0.3) is 0 Å². The fraction of sp³-hybridized carbons (Fsp3) is 0.867. The molecule has 0 saturated carbocycles. The standard InChI is InChI=1S/C15H27N3O2/c1-2-6-14(19)18-11-4-3-7-13(18)15(20)17-10-5-8-16-9-12-17/h13,16H,2-12H2,1H3. The molecule has 2 heterocycles. The minimum atomic E-state index is -0.208. The number of carbonyl (C=O) groups excluding carboxylic acids is 2. The van der Waals surface area contributed by atoms with Gasteiger partial charge in [0.15, 0.2) is 0 Å². The Labute approximate surface area is 121 Å². The highest BCUT2D eigenvalue weighted by atomic mass is 16.2. The molecule has 20 heavy (non-hydrogen) atoms. The smallest absolute Gasteiger partial charge is 0.245 e. The van der Waals surface area contributed by atoms with Crippen LogP contribution in [0.3, 0.4) is 0 Å². The lowest BCUT2D eigenvalue weighted by Crippen LogP contribution is -2.53. The van der Waals surface area contributed by atoms with Crippen LogP contribution in [0.1, 0.15) is 45.4 Å². The first-order valence-electron chi connectivity index (χ1n) is 8.03. The maximum absolute atomic E-state index is 12.7. The molecular formula is C15H27N3O2. The second-order valence-electron chi connectivity index (χ2n) is 5.78. The molecule has 0 aromatic rings. The molecular weight excluding hydrogens is 254 g/mol. The lowest BCUT2D eigenvalue weighted by atomic mass is 10.00. The van der Waals surface area contributed by atoms with Crippen LogP contribution in [0, 0.1) is 0 Å². The van der Waals surface area contributed by atoms with Crippen LogP contribution in [0.2, 0.25) is 0 Å². The summed E-state index contributed by atoms with van der Waals surface area (Å²) in [6.07, 6.45) is 5.33. The van der Waals surface area contributed by atoms with E-state index < -0.39 is 0 Å². The van der Waals surface area contributed by atoms with Gasteiger partial charge in [-0.3, -0.25) is 9.59 Å². The minimum absolute atomic E-state index is 0.151. The molecule has 2 aliphatic rings. The van der Waals surface area contributed by atoms with E-state index in [1.165, 1.54) is 0 Å². The van der Waals surface area contributed by atoms with Gasteiger partial charge in [-0.1, -0.05) is 6.92 Å². The van der Waals surface area contributed by atoms with Crippen LogP contribution in [0.4, 0.5) is 0 Å². The Kier molecular flexibility index (Phi) is 5.83. The molecule has 2 fully saturated rings. The van der Waals surface area contributed by atoms with E-state index in [4.69, 9.17) is 0 Å². The lowest BCUT2D eigenvalue weighted by Gasteiger charge is -2.37. The van der Waals surface area contributed by atoms with Crippen LogP contribution >= 0.6 is 0 Å². The predicted octanol–water partition coefficient (Wildman–Crippen LogP) is 0.990. The molecule has 2 aliphatic heterocycles. The van der Waals surface area contributed by atoms with Gasteiger partial charge >= 0.3 is 0 Å². The van der Waals surface area contributed by atoms with Gasteiger partial charge in [0.1, 0.15) is 6.04 Å². The first kappa shape index (κ1) is 15.3. The van der Waals surface area contributed by atoms with Crippen LogP contribution in [0.15, 0.2) is 0 Å². The highest BCUT2D eigenvalue weighted by molar-refractivity contribution is 5.88. The fourth-order valence-electron chi connectivity index (χ4n) is 3.12. The van der Waals surface area contributed by atoms with Crippen LogP contribution in [-0.4, -0.2) is 60.4 Å². The van der Waals surface area contributed by atoms with Crippen molar-refractivity contribution in [2.24, 2.45) is 0 Å². The largest absolute Gasteiger partial charge is 0.340 e. The molecule has 0 bridgehead atoms. The minimum Gasteiger partial charge on any atom is -0.340 e. The zero-order valence-electron chi connectivity index (χ0n) is 12.6. The third kappa shape index (κ3) is 3.72. The lowest BCUT2D eigenvalue weighted by molar-refractivity contribution is -0.147. The van der Waals surface area contributed by atoms with Gasteiger partial charge in [0.2, 0.25) is 11.8 Å². The summed E-state index contributed by atoms with van der Waals surface area (Å²) in [6, 6.07) is -0.208. The number of carbonyl (C=O) groups is 2. The number of nitrogens with zero attached hydrogens (tertiary/aromatic N) is 2. The van der Waals surface area contributed by atoms with Crippen molar-refractivity contribution in [2.75, 3.05) is 32.7 Å².